The summed E-state index contributed by atoms with van der Waals surface area (Å²) in [6, 6.07) is 7.51. The first-order valence-corrected chi connectivity index (χ1v) is 6.30. The van der Waals surface area contributed by atoms with E-state index in [1.54, 1.807) is 0 Å². The molecule has 98 valence electrons. The number of nitrogens with one attached hydrogen (secondary N) is 1. The maximum Gasteiger partial charge on any atom is 0.223 e. The van der Waals surface area contributed by atoms with Crippen LogP contribution in [0.2, 0.25) is 0 Å². The van der Waals surface area contributed by atoms with Crippen molar-refractivity contribution in [1.82, 2.24) is 5.32 Å². The lowest BCUT2D eigenvalue weighted by molar-refractivity contribution is -0.123. The highest BCUT2D eigenvalue weighted by molar-refractivity contribution is 5.76. The van der Waals surface area contributed by atoms with Crippen molar-refractivity contribution in [2.75, 3.05) is 13.2 Å². The molecule has 0 saturated heterocycles. The summed E-state index contributed by atoms with van der Waals surface area (Å²) < 4.78 is 11.3. The predicted molar refractivity (Wildman–Crippen MR) is 68.8 cm³/mol. The molecule has 18 heavy (non-hydrogen) atoms. The van der Waals surface area contributed by atoms with E-state index in [0.29, 0.717) is 31.2 Å². The highest BCUT2D eigenvalue weighted by Crippen LogP contribution is 2.31. The minimum absolute atomic E-state index is 0.0108. The van der Waals surface area contributed by atoms with Gasteiger partial charge in [-0.05, 0) is 18.1 Å². The number of para-hydroxylation sites is 2. The number of rotatable bonds is 4. The van der Waals surface area contributed by atoms with Gasteiger partial charge in [-0.15, -0.1) is 0 Å². The standard InChI is InChI=1S/C14H19NO3/c1-10(2)8-15-14(16)7-11-9-17-12-5-3-4-6-13(12)18-11/h3-6,10-11H,7-9H2,1-2H3,(H,15,16)/t11-/m0/s1. The molecule has 0 saturated carbocycles. The molecule has 1 N–H and O–H groups in total. The van der Waals surface area contributed by atoms with E-state index in [1.165, 1.54) is 0 Å². The summed E-state index contributed by atoms with van der Waals surface area (Å²) >= 11 is 0. The molecule has 2 rings (SSSR count). The Morgan fingerprint density at radius 2 is 2.11 bits per heavy atom. The van der Waals surface area contributed by atoms with E-state index in [0.717, 1.165) is 5.75 Å². The van der Waals surface area contributed by atoms with Crippen LogP contribution in [0.25, 0.3) is 0 Å². The highest BCUT2D eigenvalue weighted by Gasteiger charge is 2.22. The van der Waals surface area contributed by atoms with Gasteiger partial charge < -0.3 is 14.8 Å². The molecule has 1 heterocycles. The molecule has 1 aromatic rings. The number of carbonyl (C=O) groups excluding carboxylic acids is 1. The van der Waals surface area contributed by atoms with Crippen LogP contribution in [-0.4, -0.2) is 25.2 Å². The van der Waals surface area contributed by atoms with Crippen LogP contribution in [0.1, 0.15) is 20.3 Å². The fourth-order valence-corrected chi connectivity index (χ4v) is 1.76. The lowest BCUT2D eigenvalue weighted by Crippen LogP contribution is -2.36. The van der Waals surface area contributed by atoms with Crippen molar-refractivity contribution in [3.05, 3.63) is 24.3 Å². The molecule has 1 atom stereocenters. The van der Waals surface area contributed by atoms with Crippen molar-refractivity contribution in [3.8, 4) is 11.5 Å². The molecule has 4 heteroatoms. The number of hydrogen-bond donors (Lipinski definition) is 1. The van der Waals surface area contributed by atoms with Gasteiger partial charge in [0.1, 0.15) is 12.7 Å². The van der Waals surface area contributed by atoms with E-state index in [-0.39, 0.29) is 12.0 Å². The molecule has 1 aliphatic rings. The molecule has 1 aromatic carbocycles. The molecular formula is C14H19NO3. The molecule has 0 radical (unpaired) electrons. The van der Waals surface area contributed by atoms with Crippen LogP contribution < -0.4 is 14.8 Å². The summed E-state index contributed by atoms with van der Waals surface area (Å²) in [6.45, 7) is 5.25. The number of carbonyl (C=O) groups is 1. The average Bonchev–Trinajstić information content (AvgIpc) is 2.36. The molecule has 0 unspecified atom stereocenters. The predicted octanol–water partition coefficient (Wildman–Crippen LogP) is 1.99. The van der Waals surface area contributed by atoms with Crippen LogP contribution in [0.5, 0.6) is 11.5 Å². The summed E-state index contributed by atoms with van der Waals surface area (Å²) in [5, 5.41) is 2.88. The zero-order chi connectivity index (χ0) is 13.0. The Kier molecular flexibility index (Phi) is 4.07. The molecule has 1 amide bonds. The Labute approximate surface area is 107 Å². The van der Waals surface area contributed by atoms with Crippen LogP contribution in [0, 0.1) is 5.92 Å². The zero-order valence-corrected chi connectivity index (χ0v) is 10.8. The van der Waals surface area contributed by atoms with E-state index >= 15 is 0 Å². The zero-order valence-electron chi connectivity index (χ0n) is 10.8. The van der Waals surface area contributed by atoms with Gasteiger partial charge in [-0.1, -0.05) is 26.0 Å². The molecular weight excluding hydrogens is 230 g/mol. The quantitative estimate of drug-likeness (QED) is 0.887. The van der Waals surface area contributed by atoms with Gasteiger partial charge in [-0.2, -0.15) is 0 Å². The number of benzene rings is 1. The minimum atomic E-state index is -0.202. The van der Waals surface area contributed by atoms with Gasteiger partial charge in [0.15, 0.2) is 11.5 Å². The molecule has 0 aliphatic carbocycles. The molecule has 0 fully saturated rings. The van der Waals surface area contributed by atoms with Crippen LogP contribution >= 0.6 is 0 Å². The van der Waals surface area contributed by atoms with Crippen LogP contribution in [0.4, 0.5) is 0 Å². The molecule has 0 spiro atoms. The Balaban J connectivity index is 1.84. The van der Waals surface area contributed by atoms with Gasteiger partial charge in [0.2, 0.25) is 5.91 Å². The van der Waals surface area contributed by atoms with Crippen LogP contribution in [0.15, 0.2) is 24.3 Å². The van der Waals surface area contributed by atoms with Crippen molar-refractivity contribution in [3.63, 3.8) is 0 Å². The van der Waals surface area contributed by atoms with Gasteiger partial charge in [-0.25, -0.2) is 0 Å². The Bertz CT molecular complexity index is 417. The largest absolute Gasteiger partial charge is 0.486 e. The smallest absolute Gasteiger partial charge is 0.223 e. The number of amides is 1. The second-order valence-corrected chi connectivity index (χ2v) is 4.90. The van der Waals surface area contributed by atoms with Gasteiger partial charge in [0.25, 0.3) is 0 Å². The maximum atomic E-state index is 11.7. The van der Waals surface area contributed by atoms with Crippen LogP contribution in [-0.2, 0) is 4.79 Å². The van der Waals surface area contributed by atoms with Crippen molar-refractivity contribution >= 4 is 5.91 Å². The van der Waals surface area contributed by atoms with Crippen molar-refractivity contribution < 1.29 is 14.3 Å². The first-order valence-electron chi connectivity index (χ1n) is 6.30. The van der Waals surface area contributed by atoms with E-state index in [2.05, 4.69) is 19.2 Å². The summed E-state index contributed by atoms with van der Waals surface area (Å²) in [5.41, 5.74) is 0. The second kappa shape index (κ2) is 5.76. The topological polar surface area (TPSA) is 47.6 Å². The van der Waals surface area contributed by atoms with Gasteiger partial charge >= 0.3 is 0 Å². The van der Waals surface area contributed by atoms with Gasteiger partial charge in [-0.3, -0.25) is 4.79 Å². The van der Waals surface area contributed by atoms with Gasteiger partial charge in [0, 0.05) is 6.54 Å². The molecule has 0 bridgehead atoms. The molecule has 1 aliphatic heterocycles. The maximum absolute atomic E-state index is 11.7. The Morgan fingerprint density at radius 3 is 2.83 bits per heavy atom. The Hall–Kier alpha value is -1.71. The number of hydrogen-bond acceptors (Lipinski definition) is 3. The monoisotopic (exact) mass is 249 g/mol. The third-order valence-corrected chi connectivity index (χ3v) is 2.69. The van der Waals surface area contributed by atoms with Gasteiger partial charge in [0.05, 0.1) is 6.42 Å². The highest BCUT2D eigenvalue weighted by atomic mass is 16.6. The van der Waals surface area contributed by atoms with E-state index < -0.39 is 0 Å². The summed E-state index contributed by atoms with van der Waals surface area (Å²) in [4.78, 5) is 11.7. The second-order valence-electron chi connectivity index (χ2n) is 4.90. The first-order chi connectivity index (χ1) is 8.65. The van der Waals surface area contributed by atoms with Crippen LogP contribution in [0.3, 0.4) is 0 Å². The van der Waals surface area contributed by atoms with E-state index in [9.17, 15) is 4.79 Å². The van der Waals surface area contributed by atoms with Crippen molar-refractivity contribution in [2.24, 2.45) is 5.92 Å². The summed E-state index contributed by atoms with van der Waals surface area (Å²) in [7, 11) is 0. The lowest BCUT2D eigenvalue weighted by atomic mass is 10.2. The fourth-order valence-electron chi connectivity index (χ4n) is 1.76. The van der Waals surface area contributed by atoms with Crippen molar-refractivity contribution in [1.29, 1.82) is 0 Å². The summed E-state index contributed by atoms with van der Waals surface area (Å²) in [5.74, 6) is 1.93. The molecule has 4 nitrogen and oxygen atoms in total. The van der Waals surface area contributed by atoms with Crippen molar-refractivity contribution in [2.45, 2.75) is 26.4 Å². The van der Waals surface area contributed by atoms with E-state index in [1.807, 2.05) is 24.3 Å². The number of fused-ring (bicyclic) bond motifs is 1. The fraction of sp³-hybridized carbons (Fsp3) is 0.500. The average molecular weight is 249 g/mol. The third kappa shape index (κ3) is 3.39. The minimum Gasteiger partial charge on any atom is -0.486 e. The first kappa shape index (κ1) is 12.7. The SMILES string of the molecule is CC(C)CNC(=O)C[C@H]1COc2ccccc2O1. The molecule has 0 aromatic heterocycles. The third-order valence-electron chi connectivity index (χ3n) is 2.69. The summed E-state index contributed by atoms with van der Waals surface area (Å²) in [6.07, 6.45) is 0.133. The normalized spacial score (nSPS) is 17.6. The number of ether oxygens (including phenoxy) is 2. The Morgan fingerprint density at radius 1 is 1.39 bits per heavy atom. The van der Waals surface area contributed by atoms with E-state index in [4.69, 9.17) is 9.47 Å². The lowest BCUT2D eigenvalue weighted by Gasteiger charge is -2.26.